The van der Waals surface area contributed by atoms with Gasteiger partial charge >= 0.3 is 0 Å². The topological polar surface area (TPSA) is 57.7 Å². The normalized spacial score (nSPS) is 12.5. The Morgan fingerprint density at radius 1 is 0.806 bits per heavy atom. The Kier molecular flexibility index (Phi) is 6.82. The number of halogens is 2. The summed E-state index contributed by atoms with van der Waals surface area (Å²) >= 11 is 0. The minimum atomic E-state index is -3.98. The molecule has 0 saturated carbocycles. The first-order chi connectivity index (χ1) is 14.7. The minimum Gasteiger partial charge on any atom is -0.333 e. The molecule has 8 heteroatoms. The number of hydrogen-bond acceptors (Lipinski definition) is 3. The van der Waals surface area contributed by atoms with E-state index in [0.29, 0.717) is 5.56 Å². The highest BCUT2D eigenvalue weighted by Gasteiger charge is 2.28. The SMILES string of the molecule is CN(C(=O)CN(C)S(=O)(=O)c1ccc(F)cc1)C(c1ccccc1)c1ccc(F)cc1. The molecule has 0 saturated heterocycles. The molecule has 1 amide bonds. The van der Waals surface area contributed by atoms with Crippen LogP contribution in [0.3, 0.4) is 0 Å². The van der Waals surface area contributed by atoms with E-state index in [1.807, 2.05) is 30.3 Å². The van der Waals surface area contributed by atoms with Crippen molar-refractivity contribution in [3.63, 3.8) is 0 Å². The van der Waals surface area contributed by atoms with Gasteiger partial charge in [0, 0.05) is 14.1 Å². The van der Waals surface area contributed by atoms with Gasteiger partial charge in [-0.2, -0.15) is 4.31 Å². The third-order valence-corrected chi connectivity index (χ3v) is 6.78. The van der Waals surface area contributed by atoms with Gasteiger partial charge in [-0.15, -0.1) is 0 Å². The zero-order valence-electron chi connectivity index (χ0n) is 17.1. The molecule has 0 fully saturated rings. The smallest absolute Gasteiger partial charge is 0.243 e. The van der Waals surface area contributed by atoms with Crippen molar-refractivity contribution in [2.45, 2.75) is 10.9 Å². The van der Waals surface area contributed by atoms with Gasteiger partial charge in [0.1, 0.15) is 11.6 Å². The summed E-state index contributed by atoms with van der Waals surface area (Å²) in [6, 6.07) is 18.9. The van der Waals surface area contributed by atoms with Crippen LogP contribution in [0, 0.1) is 11.6 Å². The first-order valence-corrected chi connectivity index (χ1v) is 10.9. The molecule has 0 aromatic heterocycles. The maximum Gasteiger partial charge on any atom is 0.243 e. The van der Waals surface area contributed by atoms with Crippen LogP contribution in [0.4, 0.5) is 8.78 Å². The van der Waals surface area contributed by atoms with Crippen LogP contribution < -0.4 is 0 Å². The summed E-state index contributed by atoms with van der Waals surface area (Å²) in [5.41, 5.74) is 1.49. The van der Waals surface area contributed by atoms with Crippen molar-refractivity contribution < 1.29 is 22.0 Å². The molecule has 0 aliphatic rings. The number of carbonyl (C=O) groups excluding carboxylic acids is 1. The van der Waals surface area contributed by atoms with Crippen LogP contribution in [0.1, 0.15) is 17.2 Å². The highest BCUT2D eigenvalue weighted by Crippen LogP contribution is 2.28. The van der Waals surface area contributed by atoms with Crippen molar-refractivity contribution in [1.82, 2.24) is 9.21 Å². The van der Waals surface area contributed by atoms with Crippen LogP contribution in [0.2, 0.25) is 0 Å². The molecule has 3 rings (SSSR count). The van der Waals surface area contributed by atoms with E-state index in [9.17, 15) is 22.0 Å². The van der Waals surface area contributed by atoms with E-state index >= 15 is 0 Å². The van der Waals surface area contributed by atoms with E-state index in [1.165, 1.54) is 24.1 Å². The Labute approximate surface area is 180 Å². The number of amides is 1. The van der Waals surface area contributed by atoms with Gasteiger partial charge in [-0.25, -0.2) is 17.2 Å². The lowest BCUT2D eigenvalue weighted by Crippen LogP contribution is -2.41. The monoisotopic (exact) mass is 444 g/mol. The van der Waals surface area contributed by atoms with Crippen LogP contribution >= 0.6 is 0 Å². The van der Waals surface area contributed by atoms with E-state index in [-0.39, 0.29) is 4.90 Å². The fraction of sp³-hybridized carbons (Fsp3) is 0.174. The Bertz CT molecular complexity index is 1140. The Morgan fingerprint density at radius 3 is 1.84 bits per heavy atom. The molecule has 1 atom stereocenters. The van der Waals surface area contributed by atoms with E-state index in [0.717, 1.165) is 34.1 Å². The number of nitrogens with zero attached hydrogens (tertiary/aromatic N) is 2. The Morgan fingerprint density at radius 2 is 1.29 bits per heavy atom. The van der Waals surface area contributed by atoms with Crippen LogP contribution in [-0.4, -0.2) is 44.2 Å². The molecule has 3 aromatic carbocycles. The second-order valence-corrected chi connectivity index (χ2v) is 9.13. The number of hydrogen-bond donors (Lipinski definition) is 0. The average Bonchev–Trinajstić information content (AvgIpc) is 2.76. The van der Waals surface area contributed by atoms with Crippen LogP contribution in [0.15, 0.2) is 83.8 Å². The second-order valence-electron chi connectivity index (χ2n) is 7.08. The van der Waals surface area contributed by atoms with Gasteiger partial charge in [-0.05, 0) is 47.5 Å². The average molecular weight is 445 g/mol. The van der Waals surface area contributed by atoms with Crippen molar-refractivity contribution in [2.24, 2.45) is 0 Å². The fourth-order valence-electron chi connectivity index (χ4n) is 3.24. The summed E-state index contributed by atoms with van der Waals surface area (Å²) < 4.78 is 53.0. The molecular formula is C23H22F2N2O3S. The van der Waals surface area contributed by atoms with Gasteiger partial charge in [-0.3, -0.25) is 4.79 Å². The first-order valence-electron chi connectivity index (χ1n) is 9.48. The highest BCUT2D eigenvalue weighted by molar-refractivity contribution is 7.89. The van der Waals surface area contributed by atoms with E-state index in [4.69, 9.17) is 0 Å². The third-order valence-electron chi connectivity index (χ3n) is 4.96. The number of likely N-dealkylation sites (N-methyl/N-ethyl adjacent to an activating group) is 2. The van der Waals surface area contributed by atoms with Crippen molar-refractivity contribution in [3.8, 4) is 0 Å². The number of benzene rings is 3. The zero-order chi connectivity index (χ0) is 22.6. The second kappa shape index (κ2) is 9.36. The molecule has 1 unspecified atom stereocenters. The molecular weight excluding hydrogens is 422 g/mol. The van der Waals surface area contributed by atoms with E-state index in [2.05, 4.69) is 0 Å². The summed E-state index contributed by atoms with van der Waals surface area (Å²) in [5, 5.41) is 0. The van der Waals surface area contributed by atoms with Gasteiger partial charge in [0.2, 0.25) is 15.9 Å². The molecule has 0 aliphatic heterocycles. The molecule has 0 aliphatic carbocycles. The van der Waals surface area contributed by atoms with Gasteiger partial charge in [-0.1, -0.05) is 42.5 Å². The van der Waals surface area contributed by atoms with E-state index in [1.54, 1.807) is 19.2 Å². The lowest BCUT2D eigenvalue weighted by atomic mass is 9.97. The van der Waals surface area contributed by atoms with Crippen molar-refractivity contribution in [3.05, 3.63) is 102 Å². The molecule has 0 spiro atoms. The van der Waals surface area contributed by atoms with Gasteiger partial charge in [0.15, 0.2) is 0 Å². The van der Waals surface area contributed by atoms with Gasteiger partial charge < -0.3 is 4.90 Å². The number of rotatable bonds is 7. The molecule has 31 heavy (non-hydrogen) atoms. The lowest BCUT2D eigenvalue weighted by Gasteiger charge is -2.30. The maximum absolute atomic E-state index is 13.4. The third kappa shape index (κ3) is 5.15. The van der Waals surface area contributed by atoms with Crippen molar-refractivity contribution >= 4 is 15.9 Å². The summed E-state index contributed by atoms with van der Waals surface area (Å²) in [6.07, 6.45) is 0. The summed E-state index contributed by atoms with van der Waals surface area (Å²) in [4.78, 5) is 14.3. The highest BCUT2D eigenvalue weighted by atomic mass is 32.2. The predicted octanol–water partition coefficient (Wildman–Crippen LogP) is 3.83. The quantitative estimate of drug-likeness (QED) is 0.557. The number of sulfonamides is 1. The van der Waals surface area contributed by atoms with E-state index < -0.39 is 40.2 Å². The lowest BCUT2D eigenvalue weighted by molar-refractivity contribution is -0.131. The Balaban J connectivity index is 1.86. The summed E-state index contributed by atoms with van der Waals surface area (Å²) in [6.45, 7) is -0.416. The molecule has 0 radical (unpaired) electrons. The molecule has 0 bridgehead atoms. The van der Waals surface area contributed by atoms with Crippen LogP contribution in [0.5, 0.6) is 0 Å². The molecule has 0 heterocycles. The standard InChI is InChI=1S/C23H22F2N2O3S/c1-26(31(29,30)21-14-12-20(25)13-15-21)16-22(28)27(2)23(17-6-4-3-5-7-17)18-8-10-19(24)11-9-18/h3-15,23H,16H2,1-2H3. The number of carbonyl (C=O) groups is 1. The minimum absolute atomic E-state index is 0.106. The largest absolute Gasteiger partial charge is 0.333 e. The maximum atomic E-state index is 13.4. The molecule has 3 aromatic rings. The molecule has 0 N–H and O–H groups in total. The van der Waals surface area contributed by atoms with Crippen molar-refractivity contribution in [1.29, 1.82) is 0 Å². The predicted molar refractivity (Wildman–Crippen MR) is 114 cm³/mol. The van der Waals surface area contributed by atoms with Crippen LogP contribution in [-0.2, 0) is 14.8 Å². The van der Waals surface area contributed by atoms with Gasteiger partial charge in [0.05, 0.1) is 17.5 Å². The zero-order valence-corrected chi connectivity index (χ0v) is 17.9. The Hall–Kier alpha value is -3.10. The molecule has 5 nitrogen and oxygen atoms in total. The first kappa shape index (κ1) is 22.6. The van der Waals surface area contributed by atoms with Gasteiger partial charge in [0.25, 0.3) is 0 Å². The van der Waals surface area contributed by atoms with Crippen LogP contribution in [0.25, 0.3) is 0 Å². The summed E-state index contributed by atoms with van der Waals surface area (Å²) in [5.74, 6) is -1.40. The summed E-state index contributed by atoms with van der Waals surface area (Å²) in [7, 11) is -1.11. The molecule has 162 valence electrons. The fourth-order valence-corrected chi connectivity index (χ4v) is 4.36. The van der Waals surface area contributed by atoms with Crippen molar-refractivity contribution in [2.75, 3.05) is 20.6 Å².